The topological polar surface area (TPSA) is 87.7 Å². The number of unbranched alkanes of at least 4 members (excludes halogenated alkanes) is 1. The zero-order chi connectivity index (χ0) is 28.4. The molecule has 0 aromatic heterocycles. The van der Waals surface area contributed by atoms with Gasteiger partial charge < -0.3 is 20.3 Å². The van der Waals surface area contributed by atoms with Crippen LogP contribution >= 0.6 is 0 Å². The minimum absolute atomic E-state index is 0.113. The number of nitrogens with zero attached hydrogens (tertiary/aromatic N) is 1. The van der Waals surface area contributed by atoms with E-state index in [1.54, 1.807) is 49.9 Å². The monoisotopic (exact) mass is 513 g/mol. The summed E-state index contributed by atoms with van der Waals surface area (Å²) in [6, 6.07) is 5.37. The quantitative estimate of drug-likeness (QED) is 0.282. The van der Waals surface area contributed by atoms with Crippen LogP contribution < -0.4 is 10.6 Å². The van der Waals surface area contributed by atoms with Gasteiger partial charge in [0.05, 0.1) is 0 Å². The summed E-state index contributed by atoms with van der Waals surface area (Å²) in [5.41, 5.74) is -0.0630. The van der Waals surface area contributed by atoms with Gasteiger partial charge in [0.2, 0.25) is 11.8 Å². The first-order valence-electron chi connectivity index (χ1n) is 13.3. The Hall–Kier alpha value is -3.01. The molecule has 0 bridgehead atoms. The molecule has 0 aliphatic carbocycles. The summed E-state index contributed by atoms with van der Waals surface area (Å²) in [7, 11) is 0. The van der Waals surface area contributed by atoms with Gasteiger partial charge in [0.1, 0.15) is 17.7 Å². The van der Waals surface area contributed by atoms with Crippen molar-refractivity contribution in [3.05, 3.63) is 35.4 Å². The molecule has 0 saturated carbocycles. The Labute approximate surface area is 224 Å². The van der Waals surface area contributed by atoms with Gasteiger partial charge in [0, 0.05) is 17.6 Å². The second-order valence-corrected chi connectivity index (χ2v) is 11.5. The minimum Gasteiger partial charge on any atom is -0.444 e. The third kappa shape index (κ3) is 10.1. The van der Waals surface area contributed by atoms with Crippen LogP contribution in [0, 0.1) is 18.3 Å². The van der Waals surface area contributed by atoms with Crippen LogP contribution in [0.5, 0.6) is 0 Å². The van der Waals surface area contributed by atoms with Gasteiger partial charge in [-0.15, -0.1) is 6.42 Å². The maximum Gasteiger partial charge on any atom is 0.408 e. The fourth-order valence-corrected chi connectivity index (χ4v) is 3.92. The molecule has 2 N–H and O–H groups in total. The Balaban J connectivity index is 3.61. The zero-order valence-electron chi connectivity index (χ0n) is 24.2. The highest BCUT2D eigenvalue weighted by Crippen LogP contribution is 2.33. The molecule has 1 rings (SSSR count). The van der Waals surface area contributed by atoms with Gasteiger partial charge in [-0.05, 0) is 77.5 Å². The second kappa shape index (κ2) is 14.1. The lowest BCUT2D eigenvalue weighted by Gasteiger charge is -2.44. The van der Waals surface area contributed by atoms with Crippen LogP contribution in [0.2, 0.25) is 0 Å². The summed E-state index contributed by atoms with van der Waals surface area (Å²) in [5, 5.41) is 5.80. The van der Waals surface area contributed by atoms with Gasteiger partial charge in [0.25, 0.3) is 0 Å². The van der Waals surface area contributed by atoms with E-state index in [0.717, 1.165) is 12.8 Å². The van der Waals surface area contributed by atoms with Crippen LogP contribution in [0.4, 0.5) is 4.79 Å². The van der Waals surface area contributed by atoms with Crippen molar-refractivity contribution in [2.24, 2.45) is 5.92 Å². The zero-order valence-corrected chi connectivity index (χ0v) is 24.2. The van der Waals surface area contributed by atoms with Crippen molar-refractivity contribution in [2.75, 3.05) is 6.54 Å². The van der Waals surface area contributed by atoms with Crippen molar-refractivity contribution >= 4 is 17.9 Å². The Morgan fingerprint density at radius 2 is 1.65 bits per heavy atom. The van der Waals surface area contributed by atoms with Crippen molar-refractivity contribution in [2.45, 2.75) is 111 Å². The lowest BCUT2D eigenvalue weighted by molar-refractivity contribution is -0.149. The van der Waals surface area contributed by atoms with E-state index in [1.807, 2.05) is 34.6 Å². The summed E-state index contributed by atoms with van der Waals surface area (Å²) in [4.78, 5) is 42.3. The molecule has 0 fully saturated rings. The molecule has 1 aromatic rings. The van der Waals surface area contributed by atoms with Gasteiger partial charge in [-0.2, -0.15) is 0 Å². The van der Waals surface area contributed by atoms with Crippen LogP contribution in [-0.4, -0.2) is 46.5 Å². The maximum atomic E-state index is 14.3. The number of benzene rings is 1. The normalized spacial score (nSPS) is 13.3. The summed E-state index contributed by atoms with van der Waals surface area (Å²) < 4.78 is 5.46. The third-order valence-corrected chi connectivity index (χ3v) is 6.18. The highest BCUT2D eigenvalue weighted by Gasteiger charge is 2.43. The Morgan fingerprint density at radius 1 is 1.05 bits per heavy atom. The summed E-state index contributed by atoms with van der Waals surface area (Å²) in [6.07, 6.45) is 7.64. The fraction of sp³-hybridized carbons (Fsp3) is 0.633. The number of hydrogen-bond donors (Lipinski definition) is 2. The van der Waals surface area contributed by atoms with Crippen LogP contribution in [0.3, 0.4) is 0 Å². The summed E-state index contributed by atoms with van der Waals surface area (Å²) in [5.74, 6) is 2.11. The van der Waals surface area contributed by atoms with Gasteiger partial charge >= 0.3 is 6.09 Å². The Bertz CT molecular complexity index is 939. The summed E-state index contributed by atoms with van der Waals surface area (Å²) >= 11 is 0. The molecule has 1 aromatic carbocycles. The second-order valence-electron chi connectivity index (χ2n) is 11.5. The van der Waals surface area contributed by atoms with Gasteiger partial charge in [-0.25, -0.2) is 4.79 Å². The van der Waals surface area contributed by atoms with Crippen molar-refractivity contribution in [1.82, 2.24) is 15.5 Å². The molecule has 206 valence electrons. The van der Waals surface area contributed by atoms with Gasteiger partial charge in [-0.1, -0.05) is 52.2 Å². The number of carbonyl (C=O) groups is 3. The van der Waals surface area contributed by atoms with E-state index < -0.39 is 29.3 Å². The number of hydrogen-bond acceptors (Lipinski definition) is 4. The highest BCUT2D eigenvalue weighted by atomic mass is 16.6. The fourth-order valence-electron chi connectivity index (χ4n) is 3.92. The van der Waals surface area contributed by atoms with Crippen molar-refractivity contribution in [3.63, 3.8) is 0 Å². The third-order valence-electron chi connectivity index (χ3n) is 6.18. The average molecular weight is 514 g/mol. The molecule has 3 amide bonds. The molecule has 0 heterocycles. The van der Waals surface area contributed by atoms with Crippen LogP contribution in [0.15, 0.2) is 24.3 Å². The molecule has 2 unspecified atom stereocenters. The molecule has 37 heavy (non-hydrogen) atoms. The standard InChI is InChI=1S/C30H47N3O4/c1-11-14-19-31-26(34)25(23-17-15-22(12-2)16-18-23)33(30(9,10)13-3)27(35)24(20-21(4)5)32-28(36)37-29(6,7)8/h2,15-18,21,24-25H,11,13-14,19-20H2,1,3-10H3,(H,31,34)(H,32,36). The van der Waals surface area contributed by atoms with Crippen LogP contribution in [-0.2, 0) is 14.3 Å². The lowest BCUT2D eigenvalue weighted by Crippen LogP contribution is -2.59. The van der Waals surface area contributed by atoms with Crippen LogP contribution in [0.1, 0.15) is 105 Å². The van der Waals surface area contributed by atoms with E-state index >= 15 is 0 Å². The number of ether oxygens (including phenoxy) is 1. The van der Waals surface area contributed by atoms with Gasteiger partial charge in [0.15, 0.2) is 0 Å². The molecule has 0 aliphatic heterocycles. The highest BCUT2D eigenvalue weighted by molar-refractivity contribution is 5.92. The smallest absolute Gasteiger partial charge is 0.408 e. The number of alkyl carbamates (subject to hydrolysis) is 1. The molecule has 0 spiro atoms. The molecule has 7 nitrogen and oxygen atoms in total. The SMILES string of the molecule is C#Cc1ccc(C(C(=O)NCCCC)N(C(=O)C(CC(C)C)NC(=O)OC(C)(C)C)C(C)(C)CC)cc1. The number of amides is 3. The van der Waals surface area contributed by atoms with E-state index in [4.69, 9.17) is 11.2 Å². The first-order chi connectivity index (χ1) is 17.2. The number of nitrogens with one attached hydrogen (secondary N) is 2. The van der Waals surface area contributed by atoms with E-state index in [-0.39, 0.29) is 17.7 Å². The largest absolute Gasteiger partial charge is 0.444 e. The van der Waals surface area contributed by atoms with Gasteiger partial charge in [-0.3, -0.25) is 9.59 Å². The molecular weight excluding hydrogens is 466 g/mol. The molecule has 0 aliphatic rings. The first kappa shape index (κ1) is 32.0. The average Bonchev–Trinajstić information content (AvgIpc) is 2.80. The number of carbonyl (C=O) groups excluding carboxylic acids is 3. The number of rotatable bonds is 12. The number of terminal acetylenes is 1. The first-order valence-corrected chi connectivity index (χ1v) is 13.3. The van der Waals surface area contributed by atoms with Crippen molar-refractivity contribution < 1.29 is 19.1 Å². The Morgan fingerprint density at radius 3 is 2.11 bits per heavy atom. The molecule has 0 radical (unpaired) electrons. The maximum absolute atomic E-state index is 14.3. The predicted octanol–water partition coefficient (Wildman–Crippen LogP) is 5.58. The van der Waals surface area contributed by atoms with Crippen molar-refractivity contribution in [3.8, 4) is 12.3 Å². The molecular formula is C30H47N3O4. The molecule has 0 saturated heterocycles. The van der Waals surface area contributed by atoms with E-state index in [1.165, 1.54) is 0 Å². The van der Waals surface area contributed by atoms with Crippen LogP contribution in [0.25, 0.3) is 0 Å². The van der Waals surface area contributed by atoms with E-state index in [9.17, 15) is 14.4 Å². The summed E-state index contributed by atoms with van der Waals surface area (Å²) in [6.45, 7) is 17.7. The molecule has 2 atom stereocenters. The molecule has 7 heteroatoms. The minimum atomic E-state index is -0.902. The van der Waals surface area contributed by atoms with E-state index in [0.29, 0.717) is 30.5 Å². The lowest BCUT2D eigenvalue weighted by atomic mass is 9.90. The predicted molar refractivity (Wildman–Crippen MR) is 149 cm³/mol. The van der Waals surface area contributed by atoms with E-state index in [2.05, 4.69) is 23.5 Å². The Kier molecular flexibility index (Phi) is 12.2. The van der Waals surface area contributed by atoms with Crippen molar-refractivity contribution in [1.29, 1.82) is 0 Å².